The van der Waals surface area contributed by atoms with Gasteiger partial charge in [0.25, 0.3) is 0 Å². The molecule has 14 nitrogen and oxygen atoms in total. The van der Waals surface area contributed by atoms with E-state index in [1.807, 2.05) is 182 Å². The Kier molecular flexibility index (Phi) is 22.9. The second-order valence-electron chi connectivity index (χ2n) is 23.7. The van der Waals surface area contributed by atoms with Crippen molar-refractivity contribution < 1.29 is 66.7 Å². The normalized spacial score (nSPS) is 13.1. The van der Waals surface area contributed by atoms with Crippen molar-refractivity contribution in [2.45, 2.75) is 47.8 Å². The van der Waals surface area contributed by atoms with E-state index in [1.165, 1.54) is 72.8 Å². The lowest BCUT2D eigenvalue weighted by molar-refractivity contribution is -0.180. The van der Waals surface area contributed by atoms with Gasteiger partial charge in [-0.2, -0.15) is 0 Å². The largest absolute Gasteiger partial charge is 0.452 e. The van der Waals surface area contributed by atoms with E-state index < -0.39 is 96.9 Å². The van der Waals surface area contributed by atoms with Crippen molar-refractivity contribution in [2.75, 3.05) is 13.2 Å². The van der Waals surface area contributed by atoms with Crippen LogP contribution >= 0.6 is 0 Å². The summed E-state index contributed by atoms with van der Waals surface area (Å²) in [5.74, 6) is -6.22. The molecule has 0 fully saturated rings. The van der Waals surface area contributed by atoms with Gasteiger partial charge < -0.3 is 37.9 Å². The first-order chi connectivity index (χ1) is 50.1. The molecule has 0 aliphatic heterocycles. The summed E-state index contributed by atoms with van der Waals surface area (Å²) < 4.78 is 56.4. The molecule has 0 unspecified atom stereocenters. The van der Waals surface area contributed by atoms with Crippen molar-refractivity contribution in [3.05, 3.63) is 431 Å². The SMILES string of the molecule is O=C(O[C@H]([C@@H](OC(=O)c1ccccc1)[C@@H](OC(=O)c1ccccc1)[C@@H](COC(c1ccccc1)(c1ccccc1)c1ccccc1)OC(=O)c1ccccc1)[C@@H](OC(=O)c1ccccc1)[C@@H](COC(c1ccccc1)(c1ccccc1)c1ccccc1)OC(=O)c1ccccc1)c1ccccc1. The van der Waals surface area contributed by atoms with Gasteiger partial charge >= 0.3 is 35.8 Å². The zero-order valence-corrected chi connectivity index (χ0v) is 55.2. The van der Waals surface area contributed by atoms with Gasteiger partial charge in [0, 0.05) is 0 Å². The minimum absolute atomic E-state index is 0.0241. The highest BCUT2D eigenvalue weighted by atomic mass is 16.7. The number of rotatable bonds is 29. The summed E-state index contributed by atoms with van der Waals surface area (Å²) in [6, 6.07) is 103. The van der Waals surface area contributed by atoms with Gasteiger partial charge in [-0.25, -0.2) is 28.8 Å². The lowest BCUT2D eigenvalue weighted by Crippen LogP contribution is -2.60. The van der Waals surface area contributed by atoms with E-state index in [9.17, 15) is 0 Å². The number of hydrogen-bond acceptors (Lipinski definition) is 14. The van der Waals surface area contributed by atoms with Gasteiger partial charge in [0.1, 0.15) is 11.2 Å². The van der Waals surface area contributed by atoms with Crippen molar-refractivity contribution in [3.63, 3.8) is 0 Å². The van der Waals surface area contributed by atoms with Crippen LogP contribution in [0.25, 0.3) is 0 Å². The van der Waals surface area contributed by atoms with Crippen molar-refractivity contribution in [2.24, 2.45) is 0 Å². The van der Waals surface area contributed by atoms with Gasteiger partial charge in [0.15, 0.2) is 36.6 Å². The third kappa shape index (κ3) is 16.4. The van der Waals surface area contributed by atoms with E-state index in [2.05, 4.69) is 0 Å². The van der Waals surface area contributed by atoms with Gasteiger partial charge in [0.05, 0.1) is 46.6 Å². The van der Waals surface area contributed by atoms with Gasteiger partial charge in [-0.3, -0.25) is 0 Å². The van der Waals surface area contributed by atoms with E-state index >= 15 is 28.8 Å². The highest BCUT2D eigenvalue weighted by Gasteiger charge is 2.54. The Morgan fingerprint density at radius 1 is 0.196 bits per heavy atom. The van der Waals surface area contributed by atoms with Crippen LogP contribution in [-0.4, -0.2) is 85.7 Å². The topological polar surface area (TPSA) is 176 Å². The van der Waals surface area contributed by atoms with Gasteiger partial charge in [-0.05, 0) is 106 Å². The zero-order chi connectivity index (χ0) is 70.4. The molecule has 12 aromatic rings. The summed E-state index contributed by atoms with van der Waals surface area (Å²) in [6.45, 7) is -1.44. The summed E-state index contributed by atoms with van der Waals surface area (Å²) in [6.07, 6.45) is -12.9. The first kappa shape index (κ1) is 69.3. The Labute approximate surface area is 591 Å². The molecule has 0 aliphatic rings. The Balaban J connectivity index is 1.14. The average molecular weight is 1350 g/mol. The molecular weight excluding hydrogens is 1280 g/mol. The molecule has 0 aliphatic carbocycles. The number of carbonyl (C=O) groups is 6. The lowest BCUT2D eigenvalue weighted by atomic mass is 9.80. The Bertz CT molecular complexity index is 4150. The van der Waals surface area contributed by atoms with Gasteiger partial charge in [-0.1, -0.05) is 291 Å². The second kappa shape index (κ2) is 33.8. The van der Waals surface area contributed by atoms with E-state index in [1.54, 1.807) is 109 Å². The summed E-state index contributed by atoms with van der Waals surface area (Å²) in [5, 5.41) is 0. The highest BCUT2D eigenvalue weighted by molar-refractivity contribution is 5.93. The van der Waals surface area contributed by atoms with E-state index in [-0.39, 0.29) is 33.4 Å². The molecule has 0 spiro atoms. The first-order valence-electron chi connectivity index (χ1n) is 33.3. The van der Waals surface area contributed by atoms with E-state index in [4.69, 9.17) is 37.9 Å². The average Bonchev–Trinajstić information content (AvgIpc) is 0.759. The van der Waals surface area contributed by atoms with Crippen LogP contribution in [0.1, 0.15) is 95.5 Å². The lowest BCUT2D eigenvalue weighted by Gasteiger charge is -2.42. The van der Waals surface area contributed by atoms with Crippen molar-refractivity contribution in [1.29, 1.82) is 0 Å². The monoisotopic (exact) mass is 1350 g/mol. The van der Waals surface area contributed by atoms with Crippen molar-refractivity contribution in [1.82, 2.24) is 0 Å². The van der Waals surface area contributed by atoms with Crippen LogP contribution in [0.15, 0.2) is 364 Å². The molecule has 506 valence electrons. The molecule has 0 aromatic heterocycles. The number of hydrogen-bond donors (Lipinski definition) is 0. The smallest absolute Gasteiger partial charge is 0.338 e. The van der Waals surface area contributed by atoms with Crippen LogP contribution in [0.5, 0.6) is 0 Å². The minimum atomic E-state index is -2.32. The molecule has 12 rings (SSSR count). The Morgan fingerprint density at radius 2 is 0.343 bits per heavy atom. The fourth-order valence-corrected chi connectivity index (χ4v) is 12.3. The standard InChI is InChI=1S/C88H70O14/c89-81(63-37-13-1-14-38-63)97-75(61-95-87(69-49-25-7-26-50-69,70-51-27-8-28-52-70)71-53-29-9-30-54-71)77(99-83(91)65-41-17-3-18-42-65)79(101-85(93)67-45-21-5-22-46-67)80(102-86(94)68-47-23-6-24-48-68)78(100-84(92)66-43-19-4-20-44-66)76(98-82(90)64-39-15-2-16-40-64)62-96-88(72-55-31-10-32-56-72,73-57-33-11-34-58-73)74-59-35-12-36-60-74/h1-60,75-80H,61-62H2/t75-,76-,77+,78+,79+,80+/m1/s1. The molecule has 12 aromatic carbocycles. The van der Waals surface area contributed by atoms with Crippen LogP contribution in [0, 0.1) is 0 Å². The third-order valence-electron chi connectivity index (χ3n) is 17.3. The van der Waals surface area contributed by atoms with Crippen LogP contribution < -0.4 is 0 Å². The van der Waals surface area contributed by atoms with Crippen LogP contribution in [0.3, 0.4) is 0 Å². The molecule has 0 radical (unpaired) electrons. The van der Waals surface area contributed by atoms with Crippen molar-refractivity contribution >= 4 is 35.8 Å². The molecular formula is C88H70O14. The molecule has 0 saturated heterocycles. The highest BCUT2D eigenvalue weighted by Crippen LogP contribution is 2.44. The molecule has 6 atom stereocenters. The van der Waals surface area contributed by atoms with Gasteiger partial charge in [0.2, 0.25) is 0 Å². The molecule has 0 N–H and O–H groups in total. The number of benzene rings is 12. The number of esters is 6. The Morgan fingerprint density at radius 3 is 0.520 bits per heavy atom. The maximum atomic E-state index is 15.8. The van der Waals surface area contributed by atoms with E-state index in [0.717, 1.165) is 0 Å². The van der Waals surface area contributed by atoms with Crippen LogP contribution in [0.2, 0.25) is 0 Å². The minimum Gasteiger partial charge on any atom is -0.452 e. The molecule has 0 bridgehead atoms. The van der Waals surface area contributed by atoms with Crippen LogP contribution in [0.4, 0.5) is 0 Å². The number of ether oxygens (including phenoxy) is 8. The summed E-state index contributed by atoms with van der Waals surface area (Å²) in [4.78, 5) is 93.7. The van der Waals surface area contributed by atoms with Gasteiger partial charge in [-0.15, -0.1) is 0 Å². The van der Waals surface area contributed by atoms with Crippen molar-refractivity contribution in [3.8, 4) is 0 Å². The predicted octanol–water partition coefficient (Wildman–Crippen LogP) is 16.4. The maximum Gasteiger partial charge on any atom is 0.338 e. The second-order valence-corrected chi connectivity index (χ2v) is 23.7. The predicted molar refractivity (Wildman–Crippen MR) is 384 cm³/mol. The van der Waals surface area contributed by atoms with E-state index in [0.29, 0.717) is 33.4 Å². The zero-order valence-electron chi connectivity index (χ0n) is 55.2. The molecule has 102 heavy (non-hydrogen) atoms. The summed E-state index contributed by atoms with van der Waals surface area (Å²) in [7, 11) is 0. The molecule has 0 saturated carbocycles. The Hall–Kier alpha value is -12.6. The molecule has 0 heterocycles. The summed E-state index contributed by atoms with van der Waals surface area (Å²) >= 11 is 0. The summed E-state index contributed by atoms with van der Waals surface area (Å²) in [5.41, 5.74) is 0.435. The quantitative estimate of drug-likeness (QED) is 0.0246. The fourth-order valence-electron chi connectivity index (χ4n) is 12.3. The van der Waals surface area contributed by atoms with Crippen LogP contribution in [-0.2, 0) is 49.1 Å². The third-order valence-corrected chi connectivity index (χ3v) is 17.3. The maximum absolute atomic E-state index is 15.8. The fraction of sp³-hybridized carbons (Fsp3) is 0.114. The molecule has 14 heteroatoms. The first-order valence-corrected chi connectivity index (χ1v) is 33.3. The number of carbonyl (C=O) groups excluding carboxylic acids is 6. The molecule has 0 amide bonds.